The Morgan fingerprint density at radius 3 is 3.14 bits per heavy atom. The van der Waals surface area contributed by atoms with E-state index >= 15 is 0 Å². The highest BCUT2D eigenvalue weighted by Gasteiger charge is 2.25. The molecule has 1 atom stereocenters. The van der Waals surface area contributed by atoms with Gasteiger partial charge in [0.1, 0.15) is 5.82 Å². The van der Waals surface area contributed by atoms with Gasteiger partial charge in [-0.1, -0.05) is 6.07 Å². The Morgan fingerprint density at radius 2 is 2.43 bits per heavy atom. The Morgan fingerprint density at radius 1 is 1.52 bits per heavy atom. The van der Waals surface area contributed by atoms with E-state index < -0.39 is 0 Å². The summed E-state index contributed by atoms with van der Waals surface area (Å²) in [5.41, 5.74) is 0. The minimum Gasteiger partial charge on any atom is -0.341 e. The number of nitrogens with zero attached hydrogens (tertiary/aromatic N) is 3. The van der Waals surface area contributed by atoms with Crippen LogP contribution < -0.4 is 0 Å². The standard InChI is InChI=1S/C16H21N3OS/c1-13-17-8-10-19(13)14-4-2-9-18(12-14)16(20)7-6-15-5-3-11-21-15/h3,5,8,10-11,14H,2,4,6-7,9,12H2,1H3/t14-/m1/s1. The number of hydrogen-bond acceptors (Lipinski definition) is 3. The third kappa shape index (κ3) is 3.35. The lowest BCUT2D eigenvalue weighted by Gasteiger charge is -2.34. The van der Waals surface area contributed by atoms with E-state index in [0.717, 1.165) is 38.2 Å². The van der Waals surface area contributed by atoms with E-state index in [4.69, 9.17) is 0 Å². The molecule has 3 heterocycles. The first kappa shape index (κ1) is 14.3. The summed E-state index contributed by atoms with van der Waals surface area (Å²) in [7, 11) is 0. The summed E-state index contributed by atoms with van der Waals surface area (Å²) in [5, 5.41) is 2.07. The Kier molecular flexibility index (Phi) is 4.39. The number of imidazole rings is 1. The summed E-state index contributed by atoms with van der Waals surface area (Å²) in [5.74, 6) is 1.32. The Balaban J connectivity index is 1.58. The molecule has 0 saturated carbocycles. The van der Waals surface area contributed by atoms with Crippen LogP contribution in [-0.4, -0.2) is 33.4 Å². The molecule has 112 valence electrons. The van der Waals surface area contributed by atoms with Crippen LogP contribution in [0, 0.1) is 6.92 Å². The van der Waals surface area contributed by atoms with E-state index in [1.165, 1.54) is 4.88 Å². The summed E-state index contributed by atoms with van der Waals surface area (Å²) in [6.07, 6.45) is 7.56. The van der Waals surface area contributed by atoms with Crippen LogP contribution in [0.15, 0.2) is 29.9 Å². The van der Waals surface area contributed by atoms with Gasteiger partial charge in [-0.15, -0.1) is 11.3 Å². The summed E-state index contributed by atoms with van der Waals surface area (Å²) >= 11 is 1.73. The van der Waals surface area contributed by atoms with E-state index in [2.05, 4.69) is 21.0 Å². The van der Waals surface area contributed by atoms with Crippen LogP contribution in [0.4, 0.5) is 0 Å². The second-order valence-corrected chi connectivity index (χ2v) is 6.63. The van der Waals surface area contributed by atoms with Gasteiger partial charge in [0, 0.05) is 36.8 Å². The largest absolute Gasteiger partial charge is 0.341 e. The highest BCUT2D eigenvalue weighted by Crippen LogP contribution is 2.23. The van der Waals surface area contributed by atoms with Gasteiger partial charge in [0.25, 0.3) is 0 Å². The van der Waals surface area contributed by atoms with Crippen molar-refractivity contribution in [1.29, 1.82) is 0 Å². The van der Waals surface area contributed by atoms with Gasteiger partial charge >= 0.3 is 0 Å². The minimum atomic E-state index is 0.283. The number of likely N-dealkylation sites (tertiary alicyclic amines) is 1. The first-order valence-electron chi connectivity index (χ1n) is 7.53. The molecule has 1 amide bonds. The molecule has 4 nitrogen and oxygen atoms in total. The summed E-state index contributed by atoms with van der Waals surface area (Å²) in [4.78, 5) is 20.0. The van der Waals surface area contributed by atoms with Crippen LogP contribution in [0.5, 0.6) is 0 Å². The van der Waals surface area contributed by atoms with Gasteiger partial charge in [0.2, 0.25) is 5.91 Å². The normalized spacial score (nSPS) is 18.9. The average Bonchev–Trinajstić information content (AvgIpc) is 3.16. The van der Waals surface area contributed by atoms with Crippen molar-refractivity contribution in [1.82, 2.24) is 14.5 Å². The number of hydrogen-bond donors (Lipinski definition) is 0. The highest BCUT2D eigenvalue weighted by molar-refractivity contribution is 7.09. The molecule has 21 heavy (non-hydrogen) atoms. The molecule has 0 aromatic carbocycles. The van der Waals surface area contributed by atoms with Crippen molar-refractivity contribution in [3.63, 3.8) is 0 Å². The molecular weight excluding hydrogens is 282 g/mol. The minimum absolute atomic E-state index is 0.283. The molecular formula is C16H21N3OS. The number of thiophene rings is 1. The molecule has 0 radical (unpaired) electrons. The summed E-state index contributed by atoms with van der Waals surface area (Å²) < 4.78 is 2.21. The van der Waals surface area contributed by atoms with Crippen LogP contribution in [0.3, 0.4) is 0 Å². The van der Waals surface area contributed by atoms with Gasteiger partial charge in [-0.2, -0.15) is 0 Å². The molecule has 1 fully saturated rings. The fourth-order valence-corrected chi connectivity index (χ4v) is 3.73. The lowest BCUT2D eigenvalue weighted by atomic mass is 10.0. The lowest BCUT2D eigenvalue weighted by Crippen LogP contribution is -2.40. The van der Waals surface area contributed by atoms with Crippen LogP contribution >= 0.6 is 11.3 Å². The highest BCUT2D eigenvalue weighted by atomic mass is 32.1. The third-order valence-corrected chi connectivity index (χ3v) is 5.11. The number of rotatable bonds is 4. The van der Waals surface area contributed by atoms with E-state index in [1.807, 2.05) is 30.3 Å². The predicted octanol–water partition coefficient (Wildman–Crippen LogP) is 3.05. The number of carbonyl (C=O) groups is 1. The van der Waals surface area contributed by atoms with E-state index in [0.29, 0.717) is 12.5 Å². The van der Waals surface area contributed by atoms with Crippen molar-refractivity contribution in [3.05, 3.63) is 40.6 Å². The molecule has 2 aromatic heterocycles. The Labute approximate surface area is 129 Å². The van der Waals surface area contributed by atoms with Gasteiger partial charge in [-0.05, 0) is 37.6 Å². The van der Waals surface area contributed by atoms with Gasteiger partial charge in [0.05, 0.1) is 6.04 Å². The molecule has 1 aliphatic heterocycles. The molecule has 5 heteroatoms. The average molecular weight is 303 g/mol. The summed E-state index contributed by atoms with van der Waals surface area (Å²) in [6, 6.07) is 4.53. The zero-order chi connectivity index (χ0) is 14.7. The second kappa shape index (κ2) is 6.43. The number of aryl methyl sites for hydroxylation is 2. The Hall–Kier alpha value is -1.62. The van der Waals surface area contributed by atoms with Crippen LogP contribution in [0.1, 0.15) is 36.0 Å². The number of aromatic nitrogens is 2. The lowest BCUT2D eigenvalue weighted by molar-refractivity contribution is -0.132. The van der Waals surface area contributed by atoms with Crippen molar-refractivity contribution in [2.75, 3.05) is 13.1 Å². The quantitative estimate of drug-likeness (QED) is 0.870. The molecule has 0 spiro atoms. The van der Waals surface area contributed by atoms with Gasteiger partial charge in [-0.25, -0.2) is 4.98 Å². The van der Waals surface area contributed by atoms with Crippen molar-refractivity contribution >= 4 is 17.2 Å². The summed E-state index contributed by atoms with van der Waals surface area (Å²) in [6.45, 7) is 3.74. The van der Waals surface area contributed by atoms with Crippen LogP contribution in [-0.2, 0) is 11.2 Å². The molecule has 0 N–H and O–H groups in total. The van der Waals surface area contributed by atoms with Crippen LogP contribution in [0.2, 0.25) is 0 Å². The molecule has 0 aliphatic carbocycles. The molecule has 1 saturated heterocycles. The maximum Gasteiger partial charge on any atom is 0.223 e. The molecule has 0 unspecified atom stereocenters. The SMILES string of the molecule is Cc1nccn1[C@@H]1CCCN(C(=O)CCc2cccs2)C1. The van der Waals surface area contributed by atoms with Crippen molar-refractivity contribution < 1.29 is 4.79 Å². The number of amides is 1. The molecule has 2 aromatic rings. The zero-order valence-corrected chi connectivity index (χ0v) is 13.2. The van der Waals surface area contributed by atoms with Crippen LogP contribution in [0.25, 0.3) is 0 Å². The fraction of sp³-hybridized carbons (Fsp3) is 0.500. The topological polar surface area (TPSA) is 38.1 Å². The Bertz CT molecular complexity index is 590. The van der Waals surface area contributed by atoms with Crippen molar-refractivity contribution in [3.8, 4) is 0 Å². The molecule has 3 rings (SSSR count). The van der Waals surface area contributed by atoms with E-state index in [1.54, 1.807) is 11.3 Å². The zero-order valence-electron chi connectivity index (χ0n) is 12.4. The number of carbonyl (C=O) groups excluding carboxylic acids is 1. The predicted molar refractivity (Wildman–Crippen MR) is 84.5 cm³/mol. The van der Waals surface area contributed by atoms with Crippen molar-refractivity contribution in [2.45, 2.75) is 38.6 Å². The molecule has 0 bridgehead atoms. The fourth-order valence-electron chi connectivity index (χ4n) is 3.02. The van der Waals surface area contributed by atoms with E-state index in [-0.39, 0.29) is 5.91 Å². The first-order valence-corrected chi connectivity index (χ1v) is 8.41. The van der Waals surface area contributed by atoms with Crippen molar-refractivity contribution in [2.24, 2.45) is 0 Å². The van der Waals surface area contributed by atoms with E-state index in [9.17, 15) is 4.79 Å². The maximum atomic E-state index is 12.4. The van der Waals surface area contributed by atoms with Gasteiger partial charge < -0.3 is 9.47 Å². The van der Waals surface area contributed by atoms with Gasteiger partial charge in [-0.3, -0.25) is 4.79 Å². The third-order valence-electron chi connectivity index (χ3n) is 4.17. The number of piperidine rings is 1. The maximum absolute atomic E-state index is 12.4. The van der Waals surface area contributed by atoms with Gasteiger partial charge in [0.15, 0.2) is 0 Å². The first-order chi connectivity index (χ1) is 10.2. The molecule has 1 aliphatic rings. The smallest absolute Gasteiger partial charge is 0.223 e. The monoisotopic (exact) mass is 303 g/mol. The second-order valence-electron chi connectivity index (χ2n) is 5.60.